The molecular weight excluding hydrogens is 354 g/mol. The third-order valence-electron chi connectivity index (χ3n) is 5.16. The molecular formula is C22H29N3O3. The van der Waals surface area contributed by atoms with Crippen LogP contribution in [0, 0.1) is 0 Å². The summed E-state index contributed by atoms with van der Waals surface area (Å²) in [4.78, 5) is 17.1. The lowest BCUT2D eigenvalue weighted by Gasteiger charge is -2.32. The van der Waals surface area contributed by atoms with E-state index in [0.717, 1.165) is 37.7 Å². The highest BCUT2D eigenvalue weighted by Crippen LogP contribution is 2.23. The van der Waals surface area contributed by atoms with Gasteiger partial charge in [-0.3, -0.25) is 9.69 Å². The quantitative estimate of drug-likeness (QED) is 0.797. The van der Waals surface area contributed by atoms with E-state index in [1.54, 1.807) is 7.11 Å². The van der Waals surface area contributed by atoms with Gasteiger partial charge in [0, 0.05) is 31.0 Å². The number of likely N-dealkylation sites (N-methyl/N-ethyl adjacent to an activating group) is 1. The normalized spacial score (nSPS) is 15.4. The van der Waals surface area contributed by atoms with Crippen LogP contribution in [-0.4, -0.2) is 57.3 Å². The molecule has 0 bridgehead atoms. The molecule has 2 aromatic carbocycles. The molecule has 1 saturated heterocycles. The number of para-hydroxylation sites is 1. The molecule has 150 valence electrons. The summed E-state index contributed by atoms with van der Waals surface area (Å²) in [7, 11) is 3.60. The Morgan fingerprint density at radius 3 is 2.54 bits per heavy atom. The molecule has 6 heteroatoms. The minimum absolute atomic E-state index is 0.0310. The molecule has 0 saturated carbocycles. The fraction of sp³-hybridized carbons (Fsp3) is 0.409. The molecule has 3 rings (SSSR count). The fourth-order valence-electron chi connectivity index (χ4n) is 3.28. The third-order valence-corrected chi connectivity index (χ3v) is 5.16. The minimum atomic E-state index is -0.264. The largest absolute Gasteiger partial charge is 0.497 e. The summed E-state index contributed by atoms with van der Waals surface area (Å²) in [6.07, 6.45) is 0. The zero-order chi connectivity index (χ0) is 19.9. The summed E-state index contributed by atoms with van der Waals surface area (Å²) in [5.41, 5.74) is 3.20. The predicted molar refractivity (Wildman–Crippen MR) is 112 cm³/mol. The first kappa shape index (κ1) is 20.2. The Hall–Kier alpha value is -2.57. The zero-order valence-corrected chi connectivity index (χ0v) is 16.9. The van der Waals surface area contributed by atoms with Crippen LogP contribution < -0.4 is 15.0 Å². The Kier molecular flexibility index (Phi) is 6.90. The van der Waals surface area contributed by atoms with Crippen molar-refractivity contribution in [2.24, 2.45) is 0 Å². The third kappa shape index (κ3) is 5.03. The molecule has 2 aromatic rings. The Bertz CT molecular complexity index is 773. The Balaban J connectivity index is 1.63. The summed E-state index contributed by atoms with van der Waals surface area (Å²) < 4.78 is 10.6. The average Bonchev–Trinajstić information content (AvgIpc) is 2.74. The molecule has 0 aliphatic carbocycles. The number of anilines is 2. The van der Waals surface area contributed by atoms with E-state index in [4.69, 9.17) is 9.47 Å². The number of methoxy groups -OCH3 is 1. The van der Waals surface area contributed by atoms with E-state index in [2.05, 4.69) is 39.4 Å². The highest BCUT2D eigenvalue weighted by atomic mass is 16.5. The molecule has 0 aromatic heterocycles. The number of carbonyl (C=O) groups is 1. The maximum atomic E-state index is 12.7. The number of carbonyl (C=O) groups excluding carboxylic acids is 1. The van der Waals surface area contributed by atoms with Crippen LogP contribution in [0.25, 0.3) is 0 Å². The van der Waals surface area contributed by atoms with Gasteiger partial charge in [-0.05, 0) is 49.9 Å². The van der Waals surface area contributed by atoms with Gasteiger partial charge in [0.1, 0.15) is 5.75 Å². The number of hydrogen-bond acceptors (Lipinski definition) is 5. The summed E-state index contributed by atoms with van der Waals surface area (Å²) in [6, 6.07) is 15.5. The first-order valence-corrected chi connectivity index (χ1v) is 9.64. The number of benzene rings is 2. The highest BCUT2D eigenvalue weighted by Gasteiger charge is 2.21. The van der Waals surface area contributed by atoms with Crippen LogP contribution in [0.5, 0.6) is 5.75 Å². The number of amides is 1. The first-order chi connectivity index (χ1) is 13.6. The van der Waals surface area contributed by atoms with Gasteiger partial charge in [-0.2, -0.15) is 0 Å². The molecule has 1 aliphatic rings. The zero-order valence-electron chi connectivity index (χ0n) is 16.9. The number of nitrogens with one attached hydrogen (secondary N) is 1. The predicted octanol–water partition coefficient (Wildman–Crippen LogP) is 2.99. The summed E-state index contributed by atoms with van der Waals surface area (Å²) in [5, 5.41) is 2.97. The van der Waals surface area contributed by atoms with Crippen LogP contribution in [-0.2, 0) is 16.1 Å². The maximum absolute atomic E-state index is 12.7. The molecule has 6 nitrogen and oxygen atoms in total. The lowest BCUT2D eigenvalue weighted by Crippen LogP contribution is -2.40. The van der Waals surface area contributed by atoms with Crippen molar-refractivity contribution in [1.82, 2.24) is 4.90 Å². The number of ether oxygens (including phenoxy) is 2. The highest BCUT2D eigenvalue weighted by molar-refractivity contribution is 5.94. The summed E-state index contributed by atoms with van der Waals surface area (Å²) >= 11 is 0. The van der Waals surface area contributed by atoms with Gasteiger partial charge in [0.2, 0.25) is 5.91 Å². The number of nitrogens with zero attached hydrogens (tertiary/aromatic N) is 2. The van der Waals surface area contributed by atoms with Crippen molar-refractivity contribution in [3.8, 4) is 5.75 Å². The van der Waals surface area contributed by atoms with Gasteiger partial charge in [0.25, 0.3) is 0 Å². The van der Waals surface area contributed by atoms with Crippen LogP contribution >= 0.6 is 0 Å². The van der Waals surface area contributed by atoms with E-state index in [1.165, 1.54) is 11.3 Å². The van der Waals surface area contributed by atoms with Crippen LogP contribution in [0.4, 0.5) is 11.4 Å². The van der Waals surface area contributed by atoms with E-state index >= 15 is 0 Å². The summed E-state index contributed by atoms with van der Waals surface area (Å²) in [6.45, 7) is 5.93. The van der Waals surface area contributed by atoms with Gasteiger partial charge in [0.05, 0.1) is 26.4 Å². The fourth-order valence-corrected chi connectivity index (χ4v) is 3.28. The number of hydrogen-bond donors (Lipinski definition) is 1. The van der Waals surface area contributed by atoms with Crippen LogP contribution in [0.15, 0.2) is 48.5 Å². The molecule has 1 aliphatic heterocycles. The maximum Gasteiger partial charge on any atom is 0.241 e. The van der Waals surface area contributed by atoms with Crippen molar-refractivity contribution < 1.29 is 14.3 Å². The molecule has 1 fully saturated rings. The Morgan fingerprint density at radius 1 is 1.18 bits per heavy atom. The average molecular weight is 383 g/mol. The Morgan fingerprint density at radius 2 is 1.86 bits per heavy atom. The molecule has 28 heavy (non-hydrogen) atoms. The number of rotatable bonds is 7. The van der Waals surface area contributed by atoms with E-state index in [9.17, 15) is 4.79 Å². The lowest BCUT2D eigenvalue weighted by molar-refractivity contribution is -0.120. The van der Waals surface area contributed by atoms with Crippen molar-refractivity contribution in [2.75, 3.05) is 50.7 Å². The lowest BCUT2D eigenvalue weighted by atomic mass is 10.1. The molecule has 1 atom stereocenters. The molecule has 1 amide bonds. The van der Waals surface area contributed by atoms with Gasteiger partial charge in [-0.25, -0.2) is 0 Å². The van der Waals surface area contributed by atoms with E-state index in [-0.39, 0.29) is 11.9 Å². The standard InChI is InChI=1S/C22H29N3O3/c1-17(22(26)23-19-8-10-20(27-3)11-9-19)24(2)16-18-6-4-5-7-21(18)25-12-14-28-15-13-25/h4-11,17H,12-16H2,1-3H3,(H,23,26)/t17-/m0/s1. The Labute approximate surface area is 167 Å². The van der Waals surface area contributed by atoms with Gasteiger partial charge in [-0.15, -0.1) is 0 Å². The van der Waals surface area contributed by atoms with Crippen LogP contribution in [0.1, 0.15) is 12.5 Å². The van der Waals surface area contributed by atoms with Crippen molar-refractivity contribution in [3.05, 3.63) is 54.1 Å². The first-order valence-electron chi connectivity index (χ1n) is 9.64. The van der Waals surface area contributed by atoms with Crippen molar-refractivity contribution >= 4 is 17.3 Å². The molecule has 0 radical (unpaired) electrons. The molecule has 0 unspecified atom stereocenters. The summed E-state index contributed by atoms with van der Waals surface area (Å²) in [5.74, 6) is 0.736. The second-order valence-corrected chi connectivity index (χ2v) is 7.04. The topological polar surface area (TPSA) is 54.0 Å². The van der Waals surface area contributed by atoms with E-state index in [0.29, 0.717) is 6.54 Å². The minimum Gasteiger partial charge on any atom is -0.497 e. The van der Waals surface area contributed by atoms with Gasteiger partial charge in [0.15, 0.2) is 0 Å². The van der Waals surface area contributed by atoms with Crippen molar-refractivity contribution in [1.29, 1.82) is 0 Å². The van der Waals surface area contributed by atoms with E-state index in [1.807, 2.05) is 38.2 Å². The number of morpholine rings is 1. The van der Waals surface area contributed by atoms with Crippen LogP contribution in [0.3, 0.4) is 0 Å². The smallest absolute Gasteiger partial charge is 0.241 e. The van der Waals surface area contributed by atoms with E-state index < -0.39 is 0 Å². The second-order valence-electron chi connectivity index (χ2n) is 7.04. The van der Waals surface area contributed by atoms with Crippen LogP contribution in [0.2, 0.25) is 0 Å². The molecule has 1 heterocycles. The second kappa shape index (κ2) is 9.57. The molecule has 0 spiro atoms. The monoisotopic (exact) mass is 383 g/mol. The van der Waals surface area contributed by atoms with Gasteiger partial charge < -0.3 is 19.7 Å². The van der Waals surface area contributed by atoms with Gasteiger partial charge in [-0.1, -0.05) is 18.2 Å². The van der Waals surface area contributed by atoms with Crippen molar-refractivity contribution in [3.63, 3.8) is 0 Å². The van der Waals surface area contributed by atoms with Crippen molar-refractivity contribution in [2.45, 2.75) is 19.5 Å². The molecule has 1 N–H and O–H groups in total. The van der Waals surface area contributed by atoms with Gasteiger partial charge >= 0.3 is 0 Å². The SMILES string of the molecule is COc1ccc(NC(=O)[C@H](C)N(C)Cc2ccccc2N2CCOCC2)cc1.